The molecule has 0 bridgehead atoms. The van der Waals surface area contributed by atoms with Gasteiger partial charge in [0.05, 0.1) is 0 Å². The molecule has 1 rings (SSSR count). The lowest BCUT2D eigenvalue weighted by Gasteiger charge is -2.52. The summed E-state index contributed by atoms with van der Waals surface area (Å²) >= 11 is 0. The van der Waals surface area contributed by atoms with Crippen LogP contribution in [-0.4, -0.2) is 17.3 Å². The molecule has 0 unspecified atom stereocenters. The number of carbonyl (C=O) groups excluding carboxylic acids is 1. The molecule has 0 aliphatic heterocycles. The first kappa shape index (κ1) is 18.8. The molecule has 0 aliphatic carbocycles. The maximum atomic E-state index is 12.1. The van der Waals surface area contributed by atoms with Gasteiger partial charge in [0.25, 0.3) is 0 Å². The lowest BCUT2D eigenvalue weighted by atomic mass is 9.59. The molecule has 23 heavy (non-hydrogen) atoms. The van der Waals surface area contributed by atoms with Crippen molar-refractivity contribution in [3.63, 3.8) is 0 Å². The Bertz CT molecular complexity index is 581. The fourth-order valence-corrected chi connectivity index (χ4v) is 3.26. The van der Waals surface area contributed by atoms with Gasteiger partial charge in [0.15, 0.2) is 0 Å². The number of azo groups is 1. The smallest absolute Gasteiger partial charge is 0.453 e. The van der Waals surface area contributed by atoms with Gasteiger partial charge < -0.3 is 9.84 Å². The zero-order chi connectivity index (χ0) is 17.9. The number of nitrogens with zero attached hydrogens (tertiary/aromatic N) is 2. The van der Waals surface area contributed by atoms with Gasteiger partial charge in [-0.15, -0.1) is 0 Å². The third kappa shape index (κ3) is 3.94. The summed E-state index contributed by atoms with van der Waals surface area (Å²) < 4.78 is 5.74. The molecule has 0 aromatic heterocycles. The molecule has 0 atom stereocenters. The molecule has 2 amide bonds. The second-order valence-electron chi connectivity index (χ2n) is 7.40. The molecule has 0 radical (unpaired) electrons. The Morgan fingerprint density at radius 3 is 1.78 bits per heavy atom. The van der Waals surface area contributed by atoms with E-state index in [1.165, 1.54) is 0 Å². The Morgan fingerprint density at radius 1 is 0.913 bits per heavy atom. The Morgan fingerprint density at radius 2 is 1.39 bits per heavy atom. The summed E-state index contributed by atoms with van der Waals surface area (Å²) in [6.45, 7) is 11.8. The van der Waals surface area contributed by atoms with Crippen molar-refractivity contribution in [3.05, 3.63) is 35.9 Å². The highest BCUT2D eigenvalue weighted by atomic mass is 16.6. The highest BCUT2D eigenvalue weighted by Gasteiger charge is 2.55. The minimum Gasteiger partial charge on any atom is -0.462 e. The molecule has 0 aliphatic rings. The predicted molar refractivity (Wildman–Crippen MR) is 86.4 cm³/mol. The number of benzene rings is 1. The molecule has 6 nitrogen and oxygen atoms in total. The molecule has 1 N–H and O–H groups in total. The monoisotopic (exact) mass is 320 g/mol. The number of hydrogen-bond donors (Lipinski definition) is 1. The van der Waals surface area contributed by atoms with Gasteiger partial charge in [-0.2, -0.15) is 0 Å². The summed E-state index contributed by atoms with van der Waals surface area (Å²) in [4.78, 5) is 22.5. The SMILES string of the molecule is CC(C)(C)C(OC(=O)N=NC(=O)O)(c1ccccc1)C(C)(C)C. The van der Waals surface area contributed by atoms with Gasteiger partial charge in [-0.05, 0) is 5.56 Å². The minimum absolute atomic E-state index is 0.471. The quantitative estimate of drug-likeness (QED) is 0.754. The predicted octanol–water partition coefficient (Wildman–Crippen LogP) is 5.24. The van der Waals surface area contributed by atoms with E-state index in [1.54, 1.807) is 0 Å². The van der Waals surface area contributed by atoms with Crippen molar-refractivity contribution in [2.75, 3.05) is 0 Å². The second kappa shape index (κ2) is 6.48. The molecular formula is C17H24N2O4. The molecule has 0 saturated heterocycles. The summed E-state index contributed by atoms with van der Waals surface area (Å²) in [7, 11) is 0. The van der Waals surface area contributed by atoms with E-state index in [9.17, 15) is 9.59 Å². The van der Waals surface area contributed by atoms with Crippen molar-refractivity contribution in [2.24, 2.45) is 21.1 Å². The zero-order valence-corrected chi connectivity index (χ0v) is 14.5. The van der Waals surface area contributed by atoms with Gasteiger partial charge >= 0.3 is 12.2 Å². The van der Waals surface area contributed by atoms with E-state index in [1.807, 2.05) is 71.9 Å². The molecule has 0 saturated carbocycles. The summed E-state index contributed by atoms with van der Waals surface area (Å²) in [5, 5.41) is 14.5. The van der Waals surface area contributed by atoms with E-state index >= 15 is 0 Å². The number of rotatable bonds is 2. The van der Waals surface area contributed by atoms with Crippen molar-refractivity contribution >= 4 is 12.2 Å². The molecule has 0 fully saturated rings. The first-order valence-electron chi connectivity index (χ1n) is 7.35. The highest BCUT2D eigenvalue weighted by Crippen LogP contribution is 2.54. The number of hydrogen-bond acceptors (Lipinski definition) is 3. The summed E-state index contributed by atoms with van der Waals surface area (Å²) in [6.07, 6.45) is -2.57. The van der Waals surface area contributed by atoms with Crippen LogP contribution in [0.15, 0.2) is 40.6 Å². The summed E-state index contributed by atoms with van der Waals surface area (Å²) in [5.74, 6) is 0. The average Bonchev–Trinajstić information content (AvgIpc) is 2.40. The van der Waals surface area contributed by atoms with Crippen molar-refractivity contribution < 1.29 is 19.4 Å². The van der Waals surface area contributed by atoms with Crippen LogP contribution in [0.25, 0.3) is 0 Å². The fraction of sp³-hybridized carbons (Fsp3) is 0.529. The van der Waals surface area contributed by atoms with Crippen LogP contribution in [-0.2, 0) is 10.3 Å². The lowest BCUT2D eigenvalue weighted by molar-refractivity contribution is -0.145. The van der Waals surface area contributed by atoms with Gasteiger partial charge in [0, 0.05) is 10.8 Å². The van der Waals surface area contributed by atoms with E-state index in [0.29, 0.717) is 0 Å². The van der Waals surface area contributed by atoms with Crippen LogP contribution in [0.4, 0.5) is 9.59 Å². The van der Waals surface area contributed by atoms with Crippen molar-refractivity contribution in [3.8, 4) is 0 Å². The zero-order valence-electron chi connectivity index (χ0n) is 14.5. The van der Waals surface area contributed by atoms with Gasteiger partial charge in [-0.3, -0.25) is 0 Å². The maximum Gasteiger partial charge on any atom is 0.453 e. The van der Waals surface area contributed by atoms with Crippen LogP contribution in [0.3, 0.4) is 0 Å². The van der Waals surface area contributed by atoms with Gasteiger partial charge in [-0.25, -0.2) is 9.59 Å². The maximum absolute atomic E-state index is 12.1. The minimum atomic E-state index is -1.54. The Hall–Kier alpha value is -2.24. The molecule has 1 aromatic carbocycles. The van der Waals surface area contributed by atoms with Crippen molar-refractivity contribution in [1.82, 2.24) is 0 Å². The van der Waals surface area contributed by atoms with E-state index < -0.39 is 28.6 Å². The number of carboxylic acid groups (broad SMARTS) is 1. The van der Waals surface area contributed by atoms with E-state index in [2.05, 4.69) is 10.2 Å². The summed E-state index contributed by atoms with van der Waals surface area (Å²) in [6, 6.07) is 9.39. The summed E-state index contributed by atoms with van der Waals surface area (Å²) in [5.41, 5.74) is -1.14. The van der Waals surface area contributed by atoms with Crippen LogP contribution >= 0.6 is 0 Å². The van der Waals surface area contributed by atoms with Crippen LogP contribution in [0.2, 0.25) is 0 Å². The number of ether oxygens (including phenoxy) is 1. The fourth-order valence-electron chi connectivity index (χ4n) is 3.26. The molecule has 6 heteroatoms. The van der Waals surface area contributed by atoms with E-state index in [0.717, 1.165) is 5.56 Å². The topological polar surface area (TPSA) is 88.3 Å². The molecule has 126 valence electrons. The average molecular weight is 320 g/mol. The Kier molecular flexibility index (Phi) is 5.30. The largest absolute Gasteiger partial charge is 0.462 e. The van der Waals surface area contributed by atoms with E-state index in [4.69, 9.17) is 9.84 Å². The van der Waals surface area contributed by atoms with Crippen LogP contribution < -0.4 is 0 Å². The van der Waals surface area contributed by atoms with Gasteiger partial charge in [-0.1, -0.05) is 82.1 Å². The Balaban J connectivity index is 3.48. The first-order valence-corrected chi connectivity index (χ1v) is 7.35. The molecular weight excluding hydrogens is 296 g/mol. The second-order valence-corrected chi connectivity index (χ2v) is 7.40. The van der Waals surface area contributed by atoms with Crippen molar-refractivity contribution in [1.29, 1.82) is 0 Å². The van der Waals surface area contributed by atoms with Gasteiger partial charge in [0.1, 0.15) is 5.60 Å². The van der Waals surface area contributed by atoms with Gasteiger partial charge in [0.2, 0.25) is 0 Å². The first-order chi connectivity index (χ1) is 10.4. The number of carbonyl (C=O) groups is 2. The highest BCUT2D eigenvalue weighted by molar-refractivity contribution is 5.72. The number of amides is 2. The molecule has 0 heterocycles. The van der Waals surface area contributed by atoms with Crippen LogP contribution in [0.1, 0.15) is 47.1 Å². The third-order valence-electron chi connectivity index (χ3n) is 3.75. The van der Waals surface area contributed by atoms with E-state index in [-0.39, 0.29) is 0 Å². The molecule has 1 aromatic rings. The molecule has 0 spiro atoms. The van der Waals surface area contributed by atoms with Crippen LogP contribution in [0, 0.1) is 10.8 Å². The lowest BCUT2D eigenvalue weighted by Crippen LogP contribution is -2.53. The Labute approximate surface area is 136 Å². The third-order valence-corrected chi connectivity index (χ3v) is 3.75. The van der Waals surface area contributed by atoms with Crippen LogP contribution in [0.5, 0.6) is 0 Å². The normalized spacial score (nSPS) is 13.1. The standard InChI is InChI=1S/C17H24N2O4/c1-15(2,3)17(16(4,5)6,12-10-8-7-9-11-12)23-14(22)19-18-13(20)21/h7-11H,1-6H3,(H,20,21). The van der Waals surface area contributed by atoms with Crippen molar-refractivity contribution in [2.45, 2.75) is 47.1 Å².